The van der Waals surface area contributed by atoms with Crippen LogP contribution in [0.4, 0.5) is 14.5 Å². The lowest BCUT2D eigenvalue weighted by molar-refractivity contribution is -0.118. The third-order valence-corrected chi connectivity index (χ3v) is 6.10. The Balaban J connectivity index is 1.48. The average molecular weight is 414 g/mol. The van der Waals surface area contributed by atoms with Crippen LogP contribution in [-0.2, 0) is 11.2 Å². The average Bonchev–Trinajstić information content (AvgIpc) is 3.08. The van der Waals surface area contributed by atoms with Crippen molar-refractivity contribution < 1.29 is 18.0 Å². The number of para-hydroxylation sites is 1. The molecule has 4 nitrogen and oxygen atoms in total. The van der Waals surface area contributed by atoms with Crippen LogP contribution in [0.2, 0.25) is 0 Å². The van der Waals surface area contributed by atoms with E-state index in [2.05, 4.69) is 11.9 Å². The van der Waals surface area contributed by atoms with Crippen LogP contribution in [0.3, 0.4) is 0 Å². The highest BCUT2D eigenvalue weighted by molar-refractivity contribution is 8.00. The van der Waals surface area contributed by atoms with Crippen molar-refractivity contribution in [1.29, 1.82) is 0 Å². The first-order chi connectivity index (χ1) is 14.0. The van der Waals surface area contributed by atoms with E-state index in [1.807, 2.05) is 29.2 Å². The zero-order valence-corrected chi connectivity index (χ0v) is 16.7. The number of carbonyl (C=O) groups is 1. The van der Waals surface area contributed by atoms with Gasteiger partial charge >= 0.3 is 0 Å². The maximum atomic E-state index is 13.9. The SMILES string of the molecule is CC1CCN(C(=O)CCc2ncc(-c3c(F)cccc3F)o2)c2ccccc2S1. The fraction of sp³-hybridized carbons (Fsp3) is 0.273. The summed E-state index contributed by atoms with van der Waals surface area (Å²) in [6, 6.07) is 11.5. The first kappa shape index (κ1) is 19.6. The fourth-order valence-corrected chi connectivity index (χ4v) is 4.48. The number of anilines is 1. The Hall–Kier alpha value is -2.67. The topological polar surface area (TPSA) is 46.3 Å². The molecule has 0 saturated heterocycles. The van der Waals surface area contributed by atoms with Crippen LogP contribution in [0.15, 0.2) is 58.0 Å². The summed E-state index contributed by atoms with van der Waals surface area (Å²) < 4.78 is 33.4. The van der Waals surface area contributed by atoms with E-state index < -0.39 is 11.6 Å². The Morgan fingerprint density at radius 3 is 2.76 bits per heavy atom. The number of amides is 1. The van der Waals surface area contributed by atoms with Gasteiger partial charge in [0.25, 0.3) is 0 Å². The highest BCUT2D eigenvalue weighted by Crippen LogP contribution is 2.37. The Labute approximate surface area is 171 Å². The summed E-state index contributed by atoms with van der Waals surface area (Å²) in [5, 5.41) is 0.430. The van der Waals surface area contributed by atoms with Crippen LogP contribution in [0.25, 0.3) is 11.3 Å². The number of nitrogens with zero attached hydrogens (tertiary/aromatic N) is 2. The molecule has 4 rings (SSSR count). The quantitative estimate of drug-likeness (QED) is 0.568. The van der Waals surface area contributed by atoms with Gasteiger partial charge in [0.2, 0.25) is 5.91 Å². The van der Waals surface area contributed by atoms with Crippen molar-refractivity contribution in [3.63, 3.8) is 0 Å². The van der Waals surface area contributed by atoms with Gasteiger partial charge in [-0.2, -0.15) is 0 Å². The number of carbonyl (C=O) groups excluding carboxylic acids is 1. The molecule has 2 aromatic carbocycles. The minimum absolute atomic E-state index is 0.0217. The minimum Gasteiger partial charge on any atom is -0.441 e. The molecule has 1 aliphatic rings. The molecule has 0 radical (unpaired) electrons. The molecule has 0 spiro atoms. The van der Waals surface area contributed by atoms with Gasteiger partial charge in [0.05, 0.1) is 17.4 Å². The first-order valence-electron chi connectivity index (χ1n) is 9.48. The zero-order valence-electron chi connectivity index (χ0n) is 15.9. The van der Waals surface area contributed by atoms with Crippen molar-refractivity contribution in [2.75, 3.05) is 11.4 Å². The van der Waals surface area contributed by atoms with Gasteiger partial charge in [-0.1, -0.05) is 25.1 Å². The third-order valence-electron chi connectivity index (χ3n) is 4.86. The highest BCUT2D eigenvalue weighted by atomic mass is 32.2. The third kappa shape index (κ3) is 4.19. The normalized spacial score (nSPS) is 16.4. The van der Waals surface area contributed by atoms with Gasteiger partial charge in [0, 0.05) is 29.5 Å². The van der Waals surface area contributed by atoms with E-state index in [1.165, 1.54) is 24.4 Å². The molecule has 1 unspecified atom stereocenters. The Kier molecular flexibility index (Phi) is 5.67. The van der Waals surface area contributed by atoms with Crippen LogP contribution in [0.5, 0.6) is 0 Å². The maximum Gasteiger partial charge on any atom is 0.227 e. The van der Waals surface area contributed by atoms with Crippen LogP contribution >= 0.6 is 11.8 Å². The predicted molar refractivity (Wildman–Crippen MR) is 109 cm³/mol. The molecular weight excluding hydrogens is 394 g/mol. The summed E-state index contributed by atoms with van der Waals surface area (Å²) in [4.78, 5) is 19.9. The number of hydrogen-bond acceptors (Lipinski definition) is 4. The second-order valence-electron chi connectivity index (χ2n) is 6.95. The monoisotopic (exact) mass is 414 g/mol. The van der Waals surface area contributed by atoms with E-state index in [4.69, 9.17) is 4.42 Å². The summed E-state index contributed by atoms with van der Waals surface area (Å²) in [6.45, 7) is 2.81. The molecule has 3 aromatic rings. The summed E-state index contributed by atoms with van der Waals surface area (Å²) in [7, 11) is 0. The fourth-order valence-electron chi connectivity index (χ4n) is 3.37. The zero-order chi connectivity index (χ0) is 20.4. The largest absolute Gasteiger partial charge is 0.441 e. The first-order valence-corrected chi connectivity index (χ1v) is 10.4. The molecule has 2 heterocycles. The van der Waals surface area contributed by atoms with Crippen LogP contribution < -0.4 is 4.90 Å². The number of fused-ring (bicyclic) bond motifs is 1. The van der Waals surface area contributed by atoms with Gasteiger partial charge in [0.1, 0.15) is 11.6 Å². The number of aryl methyl sites for hydroxylation is 1. The second kappa shape index (κ2) is 8.37. The van der Waals surface area contributed by atoms with E-state index in [1.54, 1.807) is 11.8 Å². The van der Waals surface area contributed by atoms with Gasteiger partial charge in [-0.15, -0.1) is 11.8 Å². The van der Waals surface area contributed by atoms with E-state index in [0.717, 1.165) is 17.0 Å². The van der Waals surface area contributed by atoms with Crippen LogP contribution in [0.1, 0.15) is 25.7 Å². The molecule has 1 aromatic heterocycles. The van der Waals surface area contributed by atoms with Crippen molar-refractivity contribution in [3.8, 4) is 11.3 Å². The lowest BCUT2D eigenvalue weighted by Gasteiger charge is -2.22. The Morgan fingerprint density at radius 2 is 1.97 bits per heavy atom. The van der Waals surface area contributed by atoms with Gasteiger partial charge in [-0.25, -0.2) is 13.8 Å². The van der Waals surface area contributed by atoms with Crippen LogP contribution in [-0.4, -0.2) is 22.7 Å². The number of aromatic nitrogens is 1. The smallest absolute Gasteiger partial charge is 0.227 e. The van der Waals surface area contributed by atoms with Gasteiger partial charge < -0.3 is 9.32 Å². The van der Waals surface area contributed by atoms with E-state index in [9.17, 15) is 13.6 Å². The molecule has 29 heavy (non-hydrogen) atoms. The van der Waals surface area contributed by atoms with Crippen molar-refractivity contribution >= 4 is 23.4 Å². The number of benzene rings is 2. The molecule has 1 amide bonds. The molecule has 150 valence electrons. The molecule has 1 atom stereocenters. The molecular formula is C22H20F2N2O2S. The Bertz CT molecular complexity index is 1020. The van der Waals surface area contributed by atoms with Gasteiger partial charge in [-0.3, -0.25) is 4.79 Å². The lowest BCUT2D eigenvalue weighted by atomic mass is 10.1. The molecule has 0 aliphatic carbocycles. The predicted octanol–water partition coefficient (Wildman–Crippen LogP) is 5.47. The van der Waals surface area contributed by atoms with Crippen LogP contribution in [0, 0.1) is 11.6 Å². The standard InChI is InChI=1S/C22H20F2N2O2S/c1-14-11-12-26(17-7-2-3-8-19(17)29-14)21(27)10-9-20-25-13-18(28-20)22-15(23)5-4-6-16(22)24/h2-8,13-14H,9-12H2,1H3. The Morgan fingerprint density at radius 1 is 1.21 bits per heavy atom. The summed E-state index contributed by atoms with van der Waals surface area (Å²) in [5.74, 6) is -1.15. The van der Waals surface area contributed by atoms with Crippen molar-refractivity contribution in [1.82, 2.24) is 4.98 Å². The minimum atomic E-state index is -0.712. The van der Waals surface area contributed by atoms with E-state index in [-0.39, 0.29) is 36.0 Å². The molecule has 1 aliphatic heterocycles. The summed E-state index contributed by atoms with van der Waals surface area (Å²) in [5.41, 5.74) is 0.679. The maximum absolute atomic E-state index is 13.9. The lowest BCUT2D eigenvalue weighted by Crippen LogP contribution is -2.32. The molecule has 0 bridgehead atoms. The molecule has 7 heteroatoms. The molecule has 0 fully saturated rings. The molecule has 0 N–H and O–H groups in total. The number of halogens is 2. The number of thioether (sulfide) groups is 1. The van der Waals surface area contributed by atoms with Crippen molar-refractivity contribution in [2.45, 2.75) is 36.3 Å². The highest BCUT2D eigenvalue weighted by Gasteiger charge is 2.24. The second-order valence-corrected chi connectivity index (χ2v) is 8.43. The number of oxazole rings is 1. The van der Waals surface area contributed by atoms with Gasteiger partial charge in [0.15, 0.2) is 11.7 Å². The summed E-state index contributed by atoms with van der Waals surface area (Å²) in [6.07, 6.45) is 2.66. The van der Waals surface area contributed by atoms with Crippen molar-refractivity contribution in [3.05, 3.63) is 66.2 Å². The number of rotatable bonds is 4. The number of hydrogen-bond donors (Lipinski definition) is 0. The molecule has 0 saturated carbocycles. The van der Waals surface area contributed by atoms with E-state index in [0.29, 0.717) is 11.8 Å². The summed E-state index contributed by atoms with van der Waals surface area (Å²) >= 11 is 1.78. The van der Waals surface area contributed by atoms with Crippen molar-refractivity contribution in [2.24, 2.45) is 0 Å². The van der Waals surface area contributed by atoms with Gasteiger partial charge in [-0.05, 0) is 30.7 Å². The van der Waals surface area contributed by atoms with E-state index >= 15 is 0 Å².